The average Bonchev–Trinajstić information content (AvgIpc) is 2.21. The Morgan fingerprint density at radius 2 is 2.06 bits per heavy atom. The Kier molecular flexibility index (Phi) is 4.43. The summed E-state index contributed by atoms with van der Waals surface area (Å²) >= 11 is 0. The van der Waals surface area contributed by atoms with Crippen molar-refractivity contribution in [3.05, 3.63) is 30.1 Å². The number of carbonyl (C=O) groups excluding carboxylic acids is 1. The number of amides is 1. The van der Waals surface area contributed by atoms with E-state index in [-0.39, 0.29) is 30.0 Å². The first-order chi connectivity index (χ1) is 7.50. The summed E-state index contributed by atoms with van der Waals surface area (Å²) in [5.41, 5.74) is 5.95. The number of para-hydroxylation sites is 1. The molecule has 1 aromatic rings. The Morgan fingerprint density at radius 1 is 1.44 bits per heavy atom. The maximum Gasteiger partial charge on any atom is 0.226 e. The molecule has 0 saturated heterocycles. The smallest absolute Gasteiger partial charge is 0.226 e. The normalized spacial score (nSPS) is 12.6. The predicted octanol–water partition coefficient (Wildman–Crippen LogP) is 2.14. The monoisotopic (exact) mass is 224 g/mol. The SMILES string of the molecule is CC(C)C(N)CC(=O)Nc1ccccc1F. The van der Waals surface area contributed by atoms with Gasteiger partial charge in [0, 0.05) is 12.5 Å². The third kappa shape index (κ3) is 3.62. The van der Waals surface area contributed by atoms with Crippen molar-refractivity contribution >= 4 is 11.6 Å². The molecule has 1 aromatic carbocycles. The third-order valence-electron chi connectivity index (χ3n) is 2.43. The Labute approximate surface area is 94.8 Å². The number of hydrogen-bond donors (Lipinski definition) is 2. The highest BCUT2D eigenvalue weighted by Crippen LogP contribution is 2.13. The molecule has 0 heterocycles. The van der Waals surface area contributed by atoms with E-state index in [9.17, 15) is 9.18 Å². The van der Waals surface area contributed by atoms with E-state index >= 15 is 0 Å². The lowest BCUT2D eigenvalue weighted by Crippen LogP contribution is -2.31. The molecule has 3 nitrogen and oxygen atoms in total. The fourth-order valence-electron chi connectivity index (χ4n) is 1.21. The topological polar surface area (TPSA) is 55.1 Å². The van der Waals surface area contributed by atoms with Crippen LogP contribution in [0.3, 0.4) is 0 Å². The first-order valence-electron chi connectivity index (χ1n) is 5.30. The van der Waals surface area contributed by atoms with Crippen molar-refractivity contribution in [3.8, 4) is 0 Å². The van der Waals surface area contributed by atoms with Crippen LogP contribution in [-0.4, -0.2) is 11.9 Å². The molecule has 0 fully saturated rings. The van der Waals surface area contributed by atoms with E-state index in [0.717, 1.165) is 0 Å². The van der Waals surface area contributed by atoms with Gasteiger partial charge in [-0.05, 0) is 18.1 Å². The second-order valence-electron chi connectivity index (χ2n) is 4.14. The highest BCUT2D eigenvalue weighted by Gasteiger charge is 2.13. The molecular formula is C12H17FN2O. The second kappa shape index (κ2) is 5.61. The standard InChI is InChI=1S/C12H17FN2O/c1-8(2)10(14)7-12(16)15-11-6-4-3-5-9(11)13/h3-6,8,10H,7,14H2,1-2H3,(H,15,16). The van der Waals surface area contributed by atoms with Crippen LogP contribution in [0.4, 0.5) is 10.1 Å². The minimum absolute atomic E-state index is 0.198. The zero-order valence-electron chi connectivity index (χ0n) is 9.53. The number of nitrogens with one attached hydrogen (secondary N) is 1. The molecule has 0 spiro atoms. The highest BCUT2D eigenvalue weighted by molar-refractivity contribution is 5.91. The van der Waals surface area contributed by atoms with Gasteiger partial charge in [0.2, 0.25) is 5.91 Å². The van der Waals surface area contributed by atoms with Crippen molar-refractivity contribution in [3.63, 3.8) is 0 Å². The van der Waals surface area contributed by atoms with Crippen molar-refractivity contribution in [1.82, 2.24) is 0 Å². The van der Waals surface area contributed by atoms with E-state index in [0.29, 0.717) is 0 Å². The quantitative estimate of drug-likeness (QED) is 0.823. The van der Waals surface area contributed by atoms with Crippen LogP contribution < -0.4 is 11.1 Å². The summed E-state index contributed by atoms with van der Waals surface area (Å²) in [6, 6.07) is 5.87. The van der Waals surface area contributed by atoms with Crippen LogP contribution in [0.15, 0.2) is 24.3 Å². The lowest BCUT2D eigenvalue weighted by atomic mass is 10.0. The summed E-state index contributed by atoms with van der Waals surface area (Å²) in [5, 5.41) is 2.50. The number of nitrogens with two attached hydrogens (primary N) is 1. The van der Waals surface area contributed by atoms with Gasteiger partial charge < -0.3 is 11.1 Å². The molecule has 3 N–H and O–H groups in total. The fraction of sp³-hybridized carbons (Fsp3) is 0.417. The average molecular weight is 224 g/mol. The number of rotatable bonds is 4. The zero-order chi connectivity index (χ0) is 12.1. The van der Waals surface area contributed by atoms with Crippen LogP contribution in [0.1, 0.15) is 20.3 Å². The first kappa shape index (κ1) is 12.6. The van der Waals surface area contributed by atoms with E-state index in [1.165, 1.54) is 12.1 Å². The van der Waals surface area contributed by atoms with Gasteiger partial charge in [-0.15, -0.1) is 0 Å². The van der Waals surface area contributed by atoms with E-state index in [1.54, 1.807) is 12.1 Å². The Morgan fingerprint density at radius 3 is 2.62 bits per heavy atom. The van der Waals surface area contributed by atoms with Gasteiger partial charge in [-0.1, -0.05) is 26.0 Å². The van der Waals surface area contributed by atoms with Gasteiger partial charge in [-0.2, -0.15) is 0 Å². The molecule has 0 aliphatic rings. The van der Waals surface area contributed by atoms with Gasteiger partial charge in [0.15, 0.2) is 0 Å². The number of anilines is 1. The van der Waals surface area contributed by atoms with Gasteiger partial charge in [0.1, 0.15) is 5.82 Å². The molecule has 1 rings (SSSR count). The molecule has 0 saturated carbocycles. The minimum atomic E-state index is -0.436. The Balaban J connectivity index is 2.55. The number of benzene rings is 1. The van der Waals surface area contributed by atoms with Crippen molar-refractivity contribution in [2.75, 3.05) is 5.32 Å². The van der Waals surface area contributed by atoms with Gasteiger partial charge in [-0.25, -0.2) is 4.39 Å². The first-order valence-corrected chi connectivity index (χ1v) is 5.30. The summed E-state index contributed by atoms with van der Waals surface area (Å²) < 4.78 is 13.2. The summed E-state index contributed by atoms with van der Waals surface area (Å²) in [6.45, 7) is 3.89. The van der Waals surface area contributed by atoms with Crippen molar-refractivity contribution in [2.24, 2.45) is 11.7 Å². The Bertz CT molecular complexity index is 366. The zero-order valence-corrected chi connectivity index (χ0v) is 9.53. The van der Waals surface area contributed by atoms with E-state index in [2.05, 4.69) is 5.32 Å². The molecule has 0 radical (unpaired) electrons. The van der Waals surface area contributed by atoms with Crippen LogP contribution in [0, 0.1) is 11.7 Å². The van der Waals surface area contributed by atoms with Gasteiger partial charge in [-0.3, -0.25) is 4.79 Å². The lowest BCUT2D eigenvalue weighted by Gasteiger charge is -2.15. The maximum absolute atomic E-state index is 13.2. The molecule has 0 aliphatic heterocycles. The molecule has 16 heavy (non-hydrogen) atoms. The summed E-state index contributed by atoms with van der Waals surface area (Å²) in [5.74, 6) is -0.466. The molecule has 88 valence electrons. The molecule has 1 atom stereocenters. The molecule has 0 bridgehead atoms. The molecule has 4 heteroatoms. The molecular weight excluding hydrogens is 207 g/mol. The molecule has 0 aromatic heterocycles. The van der Waals surface area contributed by atoms with E-state index in [4.69, 9.17) is 5.73 Å². The largest absolute Gasteiger partial charge is 0.327 e. The van der Waals surface area contributed by atoms with E-state index < -0.39 is 5.82 Å². The molecule has 1 unspecified atom stereocenters. The van der Waals surface area contributed by atoms with Crippen LogP contribution in [0.25, 0.3) is 0 Å². The van der Waals surface area contributed by atoms with Crippen molar-refractivity contribution in [2.45, 2.75) is 26.3 Å². The van der Waals surface area contributed by atoms with E-state index in [1.807, 2.05) is 13.8 Å². The summed E-state index contributed by atoms with van der Waals surface area (Å²) in [4.78, 5) is 11.5. The second-order valence-corrected chi connectivity index (χ2v) is 4.14. The minimum Gasteiger partial charge on any atom is -0.327 e. The van der Waals surface area contributed by atoms with Crippen LogP contribution in [0.5, 0.6) is 0 Å². The van der Waals surface area contributed by atoms with Crippen LogP contribution in [0.2, 0.25) is 0 Å². The van der Waals surface area contributed by atoms with Crippen LogP contribution in [-0.2, 0) is 4.79 Å². The number of hydrogen-bond acceptors (Lipinski definition) is 2. The van der Waals surface area contributed by atoms with Gasteiger partial charge >= 0.3 is 0 Å². The van der Waals surface area contributed by atoms with Crippen molar-refractivity contribution in [1.29, 1.82) is 0 Å². The predicted molar refractivity (Wildman–Crippen MR) is 62.5 cm³/mol. The van der Waals surface area contributed by atoms with Gasteiger partial charge in [0.25, 0.3) is 0 Å². The van der Waals surface area contributed by atoms with Crippen LogP contribution >= 0.6 is 0 Å². The third-order valence-corrected chi connectivity index (χ3v) is 2.43. The lowest BCUT2D eigenvalue weighted by molar-refractivity contribution is -0.116. The number of halogens is 1. The Hall–Kier alpha value is -1.42. The fourth-order valence-corrected chi connectivity index (χ4v) is 1.21. The maximum atomic E-state index is 13.2. The number of carbonyl (C=O) groups is 1. The van der Waals surface area contributed by atoms with Crippen molar-refractivity contribution < 1.29 is 9.18 Å². The summed E-state index contributed by atoms with van der Waals surface area (Å²) in [7, 11) is 0. The molecule has 1 amide bonds. The molecule has 0 aliphatic carbocycles. The highest BCUT2D eigenvalue weighted by atomic mass is 19.1. The van der Waals surface area contributed by atoms with Gasteiger partial charge in [0.05, 0.1) is 5.69 Å². The summed E-state index contributed by atoms with van der Waals surface area (Å²) in [6.07, 6.45) is 0.200.